The van der Waals surface area contributed by atoms with Crippen LogP contribution < -0.4 is 20.3 Å². The van der Waals surface area contributed by atoms with Crippen LogP contribution in [0.5, 0.6) is 0 Å². The number of halogens is 1. The molecular formula is C41H45ClN10O10S. The number of esters is 1. The minimum Gasteiger partial charge on any atom is -0.455 e. The summed E-state index contributed by atoms with van der Waals surface area (Å²) in [5.41, 5.74) is -0.0208. The lowest BCUT2D eigenvalue weighted by Crippen LogP contribution is -2.60. The first-order valence-corrected chi connectivity index (χ1v) is 21.5. The molecule has 1 saturated heterocycles. The van der Waals surface area contributed by atoms with Gasteiger partial charge in [-0.3, -0.25) is 14.4 Å². The zero-order valence-corrected chi connectivity index (χ0v) is 36.9. The quantitative estimate of drug-likeness (QED) is 0.118. The molecule has 2 aromatic heterocycles. The van der Waals surface area contributed by atoms with Crippen LogP contribution in [0.1, 0.15) is 64.5 Å². The van der Waals surface area contributed by atoms with Gasteiger partial charge in [0.05, 0.1) is 22.6 Å². The molecule has 5 amide bonds. The third-order valence-corrected chi connectivity index (χ3v) is 10.8. The Morgan fingerprint density at radius 3 is 2.14 bits per heavy atom. The van der Waals surface area contributed by atoms with Gasteiger partial charge in [-0.25, -0.2) is 32.1 Å². The molecule has 1 atom stereocenters. The highest BCUT2D eigenvalue weighted by atomic mass is 35.5. The van der Waals surface area contributed by atoms with E-state index in [1.807, 2.05) is 4.72 Å². The van der Waals surface area contributed by atoms with Crippen LogP contribution in [-0.2, 0) is 40.3 Å². The fourth-order valence-corrected chi connectivity index (χ4v) is 7.16. The summed E-state index contributed by atoms with van der Waals surface area (Å²) >= 11 is 6.32. The van der Waals surface area contributed by atoms with Crippen LogP contribution in [-0.4, -0.2) is 110 Å². The van der Waals surface area contributed by atoms with Crippen LogP contribution in [0.15, 0.2) is 73.1 Å². The summed E-state index contributed by atoms with van der Waals surface area (Å²) in [7, 11) is -3.83. The van der Waals surface area contributed by atoms with Gasteiger partial charge in [-0.05, 0) is 119 Å². The Morgan fingerprint density at radius 2 is 1.51 bits per heavy atom. The molecule has 1 aliphatic rings. The summed E-state index contributed by atoms with van der Waals surface area (Å²) in [6.07, 6.45) is 0.375. The number of sulfonamides is 1. The van der Waals surface area contributed by atoms with Crippen LogP contribution in [0.2, 0.25) is 5.02 Å². The van der Waals surface area contributed by atoms with Crippen molar-refractivity contribution in [3.8, 4) is 5.69 Å². The van der Waals surface area contributed by atoms with Gasteiger partial charge in [0.25, 0.3) is 0 Å². The highest BCUT2D eigenvalue weighted by Crippen LogP contribution is 2.31. The van der Waals surface area contributed by atoms with Gasteiger partial charge < -0.3 is 29.9 Å². The van der Waals surface area contributed by atoms with Gasteiger partial charge in [0.1, 0.15) is 29.3 Å². The number of hydrogen-bond donors (Lipinski definition) is 3. The van der Waals surface area contributed by atoms with Crippen molar-refractivity contribution in [1.82, 2.24) is 34.4 Å². The van der Waals surface area contributed by atoms with Crippen molar-refractivity contribution in [1.29, 1.82) is 0 Å². The maximum absolute atomic E-state index is 14.4. The number of nitrogens with zero attached hydrogens (tertiary/aromatic N) is 7. The number of tetrazole rings is 1. The maximum Gasteiger partial charge on any atom is 0.419 e. The van der Waals surface area contributed by atoms with E-state index >= 15 is 0 Å². The monoisotopic (exact) mass is 904 g/mol. The Labute approximate surface area is 366 Å². The normalized spacial score (nSPS) is 14.0. The van der Waals surface area contributed by atoms with E-state index in [9.17, 15) is 37.2 Å². The van der Waals surface area contributed by atoms with Gasteiger partial charge in [-0.15, -0.1) is 5.10 Å². The fourth-order valence-electron chi connectivity index (χ4n) is 6.52. The SMILES string of the molecule is CCS(=O)(=O)NC(=O)Nc1ccc(C[C@@H](C(=O)Nc2ccc3c(c2)cc(C(=O)OC(C)(C)C)n3C(=O)OC(C)(C)C)N2CCN(c3cc(Cl)ccc3-n3cnnn3)C(=O)C2=O)cc1. The number of amides is 5. The lowest BCUT2D eigenvalue weighted by atomic mass is 10.0. The Balaban J connectivity index is 1.32. The van der Waals surface area contributed by atoms with Gasteiger partial charge in [-0.1, -0.05) is 23.7 Å². The molecule has 3 heterocycles. The molecule has 0 bridgehead atoms. The fraction of sp³-hybridized carbons (Fsp3) is 0.341. The van der Waals surface area contributed by atoms with E-state index in [-0.39, 0.29) is 58.6 Å². The summed E-state index contributed by atoms with van der Waals surface area (Å²) in [4.78, 5) is 84.0. The van der Waals surface area contributed by atoms with Crippen molar-refractivity contribution in [2.75, 3.05) is 34.4 Å². The molecule has 0 unspecified atom stereocenters. The van der Waals surface area contributed by atoms with Crippen LogP contribution in [0.3, 0.4) is 0 Å². The summed E-state index contributed by atoms with van der Waals surface area (Å²) in [5, 5.41) is 17.1. The molecule has 0 radical (unpaired) electrons. The molecule has 0 spiro atoms. The van der Waals surface area contributed by atoms with Crippen LogP contribution >= 0.6 is 11.6 Å². The predicted molar refractivity (Wildman–Crippen MR) is 231 cm³/mol. The topological polar surface area (TPSA) is 246 Å². The molecular weight excluding hydrogens is 860 g/mol. The lowest BCUT2D eigenvalue weighted by Gasteiger charge is -2.38. The highest BCUT2D eigenvalue weighted by Gasteiger charge is 2.41. The van der Waals surface area contributed by atoms with Crippen LogP contribution in [0.4, 0.5) is 26.7 Å². The van der Waals surface area contributed by atoms with E-state index < -0.39 is 63.1 Å². The number of benzene rings is 3. The van der Waals surface area contributed by atoms with Crippen molar-refractivity contribution in [2.24, 2.45) is 0 Å². The molecule has 5 aromatic rings. The number of ether oxygens (including phenoxy) is 2. The second-order valence-corrected chi connectivity index (χ2v) is 18.8. The van der Waals surface area contributed by atoms with Crippen molar-refractivity contribution in [3.05, 3.63) is 89.3 Å². The number of aromatic nitrogens is 5. The largest absolute Gasteiger partial charge is 0.455 e. The van der Waals surface area contributed by atoms with Crippen LogP contribution in [0.25, 0.3) is 16.6 Å². The molecule has 1 aliphatic heterocycles. The van der Waals surface area contributed by atoms with Gasteiger partial charge in [0, 0.05) is 41.3 Å². The minimum absolute atomic E-state index is 0.0555. The number of hydrogen-bond acceptors (Lipinski definition) is 13. The second kappa shape index (κ2) is 17.8. The van der Waals surface area contributed by atoms with Gasteiger partial charge >= 0.3 is 29.9 Å². The molecule has 332 valence electrons. The number of piperazine rings is 1. The molecule has 3 aromatic carbocycles. The van der Waals surface area contributed by atoms with E-state index in [4.69, 9.17) is 21.1 Å². The highest BCUT2D eigenvalue weighted by molar-refractivity contribution is 7.90. The first-order chi connectivity index (χ1) is 29.5. The molecule has 6 rings (SSSR count). The average molecular weight is 905 g/mol. The number of fused-ring (bicyclic) bond motifs is 1. The van der Waals surface area contributed by atoms with Gasteiger partial charge in [0.2, 0.25) is 15.9 Å². The summed E-state index contributed by atoms with van der Waals surface area (Å²) < 4.78 is 39.2. The van der Waals surface area contributed by atoms with Crippen molar-refractivity contribution < 1.29 is 46.7 Å². The van der Waals surface area contributed by atoms with Crippen molar-refractivity contribution in [2.45, 2.75) is 72.1 Å². The molecule has 1 fully saturated rings. The Hall–Kier alpha value is -6.87. The minimum atomic E-state index is -3.83. The Kier molecular flexibility index (Phi) is 12.9. The third kappa shape index (κ3) is 11.0. The second-order valence-electron chi connectivity index (χ2n) is 16.3. The molecule has 3 N–H and O–H groups in total. The number of carbonyl (C=O) groups is 6. The standard InChI is InChI=1S/C41H45ClN10O10S/c1-8-63(59,60)46-38(57)45-27-12-9-24(10-13-27)19-32(50-18-17-49(35(54)36(50)55)31-22-26(42)11-15-30(31)51-23-43-47-48-51)34(53)44-28-14-16-29-25(20-28)21-33(37(56)61-40(2,3)4)52(29)39(58)62-41(5,6)7/h9-16,20-23,32H,8,17-19H2,1-7H3,(H,44,53)(H2,45,46,57)/t32-/m0/s1. The van der Waals surface area contributed by atoms with Crippen LogP contribution in [0, 0.1) is 0 Å². The average Bonchev–Trinajstić information content (AvgIpc) is 3.86. The van der Waals surface area contributed by atoms with E-state index in [1.165, 1.54) is 65.3 Å². The first kappa shape index (κ1) is 45.7. The molecule has 0 aliphatic carbocycles. The smallest absolute Gasteiger partial charge is 0.419 e. The molecule has 22 heteroatoms. The zero-order valence-electron chi connectivity index (χ0n) is 35.3. The summed E-state index contributed by atoms with van der Waals surface area (Å²) in [6.45, 7) is 11.3. The number of anilines is 3. The maximum atomic E-state index is 14.4. The van der Waals surface area contributed by atoms with Gasteiger partial charge in [0.15, 0.2) is 0 Å². The molecule has 0 saturated carbocycles. The summed E-state index contributed by atoms with van der Waals surface area (Å²) in [6, 6.07) is 14.5. The predicted octanol–water partition coefficient (Wildman–Crippen LogP) is 4.91. The number of urea groups is 1. The molecule has 20 nitrogen and oxygen atoms in total. The van der Waals surface area contributed by atoms with Crippen molar-refractivity contribution in [3.63, 3.8) is 0 Å². The number of carbonyl (C=O) groups excluding carboxylic acids is 6. The van der Waals surface area contributed by atoms with E-state index in [0.29, 0.717) is 16.6 Å². The Bertz CT molecular complexity index is 2710. The first-order valence-electron chi connectivity index (χ1n) is 19.5. The Morgan fingerprint density at radius 1 is 0.825 bits per heavy atom. The zero-order chi connectivity index (χ0) is 46.0. The van der Waals surface area contributed by atoms with E-state index in [1.54, 1.807) is 65.8 Å². The number of nitrogens with one attached hydrogen (secondary N) is 3. The molecule has 63 heavy (non-hydrogen) atoms. The van der Waals surface area contributed by atoms with E-state index in [0.717, 1.165) is 9.47 Å². The van der Waals surface area contributed by atoms with Crippen molar-refractivity contribution >= 4 is 85.4 Å². The van der Waals surface area contributed by atoms with E-state index in [2.05, 4.69) is 26.2 Å². The third-order valence-electron chi connectivity index (χ3n) is 9.28. The lowest BCUT2D eigenvalue weighted by molar-refractivity contribution is -0.149. The summed E-state index contributed by atoms with van der Waals surface area (Å²) in [5.74, 6) is -3.73. The number of rotatable bonds is 11. The van der Waals surface area contributed by atoms with Gasteiger partial charge in [-0.2, -0.15) is 4.68 Å².